The second-order valence-corrected chi connectivity index (χ2v) is 5.36. The number of carbonyl (C=O) groups is 1. The van der Waals surface area contributed by atoms with Gasteiger partial charge in [-0.15, -0.1) is 0 Å². The Kier molecular flexibility index (Phi) is 6.12. The highest BCUT2D eigenvalue weighted by Gasteiger charge is 2.12. The van der Waals surface area contributed by atoms with E-state index in [0.29, 0.717) is 16.7 Å². The van der Waals surface area contributed by atoms with E-state index in [1.165, 1.54) is 0 Å². The molecule has 0 fully saturated rings. The van der Waals surface area contributed by atoms with Gasteiger partial charge in [0.2, 0.25) is 0 Å². The van der Waals surface area contributed by atoms with Gasteiger partial charge in [-0.2, -0.15) is 0 Å². The first-order valence-corrected chi connectivity index (χ1v) is 6.73. The van der Waals surface area contributed by atoms with Gasteiger partial charge in [0.05, 0.1) is 5.02 Å². The summed E-state index contributed by atoms with van der Waals surface area (Å²) in [6.07, 6.45) is -0.692. The van der Waals surface area contributed by atoms with E-state index in [1.807, 2.05) is 12.1 Å². The fourth-order valence-corrected chi connectivity index (χ4v) is 1.75. The monoisotopic (exact) mass is 284 g/mol. The Hall–Kier alpha value is -1.26. The number of carbonyl (C=O) groups excluding carboxylic acids is 1. The van der Waals surface area contributed by atoms with Crippen molar-refractivity contribution < 1.29 is 9.53 Å². The third-order valence-electron chi connectivity index (χ3n) is 2.58. The maximum Gasteiger partial charge on any atom is 0.258 e. The molecule has 5 heteroatoms. The lowest BCUT2D eigenvalue weighted by Gasteiger charge is -2.14. The fourth-order valence-electron chi connectivity index (χ4n) is 1.50. The van der Waals surface area contributed by atoms with Gasteiger partial charge in [0.25, 0.3) is 5.91 Å². The number of ether oxygens (including phenoxy) is 1. The molecule has 4 nitrogen and oxygen atoms in total. The van der Waals surface area contributed by atoms with Crippen LogP contribution in [0.1, 0.15) is 26.3 Å². The van der Waals surface area contributed by atoms with E-state index in [9.17, 15) is 4.79 Å². The van der Waals surface area contributed by atoms with Gasteiger partial charge in [-0.25, -0.2) is 0 Å². The normalized spacial score (nSPS) is 12.5. The summed E-state index contributed by atoms with van der Waals surface area (Å²) in [6.45, 7) is 7.61. The molecule has 106 valence electrons. The van der Waals surface area contributed by atoms with Crippen LogP contribution in [-0.2, 0) is 11.3 Å². The summed E-state index contributed by atoms with van der Waals surface area (Å²) in [5, 5.41) is 3.82. The van der Waals surface area contributed by atoms with Crippen molar-refractivity contribution in [3.8, 4) is 5.75 Å². The third-order valence-corrected chi connectivity index (χ3v) is 2.88. The van der Waals surface area contributed by atoms with E-state index in [-0.39, 0.29) is 0 Å². The summed E-state index contributed by atoms with van der Waals surface area (Å²) in [5.74, 6) is 0.564. The molecule has 0 aromatic heterocycles. The molecule has 0 radical (unpaired) electrons. The Balaban J connectivity index is 2.61. The summed E-state index contributed by atoms with van der Waals surface area (Å²) in [6, 6.07) is 5.51. The highest BCUT2D eigenvalue weighted by atomic mass is 35.5. The minimum Gasteiger partial charge on any atom is -0.479 e. The Morgan fingerprint density at radius 3 is 2.63 bits per heavy atom. The molecule has 1 rings (SSSR count). The topological polar surface area (TPSA) is 64.3 Å². The number of halogens is 1. The molecule has 1 unspecified atom stereocenters. The van der Waals surface area contributed by atoms with Crippen LogP contribution >= 0.6 is 11.6 Å². The highest BCUT2D eigenvalue weighted by Crippen LogP contribution is 2.26. The van der Waals surface area contributed by atoms with Gasteiger partial charge in [0.1, 0.15) is 5.75 Å². The van der Waals surface area contributed by atoms with Crippen LogP contribution in [0.4, 0.5) is 0 Å². The smallest absolute Gasteiger partial charge is 0.258 e. The molecule has 0 aliphatic carbocycles. The Labute approximate surface area is 119 Å². The molecule has 0 bridgehead atoms. The van der Waals surface area contributed by atoms with Crippen LogP contribution in [0.25, 0.3) is 0 Å². The van der Waals surface area contributed by atoms with E-state index in [4.69, 9.17) is 22.1 Å². The van der Waals surface area contributed by atoms with E-state index in [1.54, 1.807) is 13.0 Å². The Morgan fingerprint density at radius 2 is 2.11 bits per heavy atom. The molecule has 0 saturated heterocycles. The lowest BCUT2D eigenvalue weighted by Crippen LogP contribution is -2.30. The summed E-state index contributed by atoms with van der Waals surface area (Å²) in [4.78, 5) is 10.9. The van der Waals surface area contributed by atoms with Crippen molar-refractivity contribution in [1.82, 2.24) is 5.32 Å². The molecule has 1 aromatic carbocycles. The molecule has 1 amide bonds. The highest BCUT2D eigenvalue weighted by molar-refractivity contribution is 6.32. The molecule has 19 heavy (non-hydrogen) atoms. The van der Waals surface area contributed by atoms with Gasteiger partial charge in [0.15, 0.2) is 6.10 Å². The number of benzene rings is 1. The second kappa shape index (κ2) is 7.36. The van der Waals surface area contributed by atoms with Gasteiger partial charge in [-0.3, -0.25) is 4.79 Å². The SMILES string of the molecule is CC(C)CNCc1ccc(OC(C)C(N)=O)c(Cl)c1. The lowest BCUT2D eigenvalue weighted by atomic mass is 10.2. The summed E-state index contributed by atoms with van der Waals surface area (Å²) >= 11 is 6.11. The molecule has 1 atom stereocenters. The van der Waals surface area contributed by atoms with Gasteiger partial charge in [-0.1, -0.05) is 31.5 Å². The lowest BCUT2D eigenvalue weighted by molar-refractivity contribution is -0.123. The number of amides is 1. The van der Waals surface area contributed by atoms with Crippen molar-refractivity contribution >= 4 is 17.5 Å². The molecular formula is C14H21ClN2O2. The largest absolute Gasteiger partial charge is 0.479 e. The average Bonchev–Trinajstić information content (AvgIpc) is 2.31. The molecule has 0 aliphatic rings. The molecular weight excluding hydrogens is 264 g/mol. The summed E-state index contributed by atoms with van der Waals surface area (Å²) in [5.41, 5.74) is 6.21. The van der Waals surface area contributed by atoms with Crippen molar-refractivity contribution in [3.05, 3.63) is 28.8 Å². The zero-order chi connectivity index (χ0) is 14.4. The Morgan fingerprint density at radius 1 is 1.42 bits per heavy atom. The number of rotatable bonds is 7. The predicted octanol–water partition coefficient (Wildman–Crippen LogP) is 2.34. The number of nitrogens with one attached hydrogen (secondary N) is 1. The number of primary amides is 1. The van der Waals surface area contributed by atoms with Crippen LogP contribution in [0.3, 0.4) is 0 Å². The first-order chi connectivity index (χ1) is 8.90. The van der Waals surface area contributed by atoms with Crippen LogP contribution in [0.2, 0.25) is 5.02 Å². The maximum atomic E-state index is 10.9. The van der Waals surface area contributed by atoms with Gasteiger partial charge in [-0.05, 0) is 37.1 Å². The van der Waals surface area contributed by atoms with Crippen molar-refractivity contribution in [2.45, 2.75) is 33.4 Å². The fraction of sp³-hybridized carbons (Fsp3) is 0.500. The summed E-state index contributed by atoms with van der Waals surface area (Å²) in [7, 11) is 0. The minimum atomic E-state index is -0.692. The molecule has 0 spiro atoms. The van der Waals surface area contributed by atoms with Gasteiger partial charge in [0, 0.05) is 6.54 Å². The van der Waals surface area contributed by atoms with E-state index < -0.39 is 12.0 Å². The average molecular weight is 285 g/mol. The zero-order valence-corrected chi connectivity index (χ0v) is 12.3. The van der Waals surface area contributed by atoms with Gasteiger partial charge >= 0.3 is 0 Å². The number of nitrogens with two attached hydrogens (primary N) is 1. The second-order valence-electron chi connectivity index (χ2n) is 4.95. The zero-order valence-electron chi connectivity index (χ0n) is 11.6. The quantitative estimate of drug-likeness (QED) is 0.808. The van der Waals surface area contributed by atoms with E-state index >= 15 is 0 Å². The minimum absolute atomic E-state index is 0.473. The molecule has 0 heterocycles. The molecule has 1 aromatic rings. The van der Waals surface area contributed by atoms with E-state index in [0.717, 1.165) is 18.7 Å². The van der Waals surface area contributed by atoms with Crippen molar-refractivity contribution in [3.63, 3.8) is 0 Å². The standard InChI is InChI=1S/C14H21ClN2O2/c1-9(2)7-17-8-11-4-5-13(12(15)6-11)19-10(3)14(16)18/h4-6,9-10,17H,7-8H2,1-3H3,(H2,16,18). The van der Waals surface area contributed by atoms with Crippen LogP contribution < -0.4 is 15.8 Å². The first kappa shape index (κ1) is 15.8. The van der Waals surface area contributed by atoms with Crippen molar-refractivity contribution in [2.75, 3.05) is 6.54 Å². The summed E-state index contributed by atoms with van der Waals surface area (Å²) < 4.78 is 5.38. The number of hydrogen-bond acceptors (Lipinski definition) is 3. The molecule has 0 aliphatic heterocycles. The van der Waals surface area contributed by atoms with Crippen molar-refractivity contribution in [1.29, 1.82) is 0 Å². The first-order valence-electron chi connectivity index (χ1n) is 6.35. The van der Waals surface area contributed by atoms with Gasteiger partial charge < -0.3 is 15.8 Å². The van der Waals surface area contributed by atoms with Crippen LogP contribution in [-0.4, -0.2) is 18.6 Å². The van der Waals surface area contributed by atoms with E-state index in [2.05, 4.69) is 19.2 Å². The maximum absolute atomic E-state index is 10.9. The molecule has 0 saturated carbocycles. The Bertz CT molecular complexity index is 435. The van der Waals surface area contributed by atoms with Crippen LogP contribution in [0, 0.1) is 5.92 Å². The predicted molar refractivity (Wildman–Crippen MR) is 77.3 cm³/mol. The van der Waals surface area contributed by atoms with Crippen LogP contribution in [0.15, 0.2) is 18.2 Å². The third kappa shape index (κ3) is 5.49. The van der Waals surface area contributed by atoms with Crippen LogP contribution in [0.5, 0.6) is 5.75 Å². The number of hydrogen-bond donors (Lipinski definition) is 2. The van der Waals surface area contributed by atoms with Crippen molar-refractivity contribution in [2.24, 2.45) is 11.7 Å². The molecule has 3 N–H and O–H groups in total.